The average Bonchev–Trinajstić information content (AvgIpc) is 2.85. The highest BCUT2D eigenvalue weighted by atomic mass is 16.4. The van der Waals surface area contributed by atoms with Crippen LogP contribution in [0.1, 0.15) is 52.9 Å². The van der Waals surface area contributed by atoms with E-state index in [9.17, 15) is 14.7 Å². The topological polar surface area (TPSA) is 66.4 Å². The van der Waals surface area contributed by atoms with E-state index in [1.807, 2.05) is 20.8 Å². The smallest absolute Gasteiger partial charge is 0.326 e. The third-order valence-corrected chi connectivity index (χ3v) is 4.75. The molecule has 2 fully saturated rings. The molecular formula is C15H25NO3. The second-order valence-corrected chi connectivity index (χ2v) is 7.34. The van der Waals surface area contributed by atoms with E-state index in [2.05, 4.69) is 5.32 Å². The molecule has 108 valence electrons. The van der Waals surface area contributed by atoms with Gasteiger partial charge in [0.05, 0.1) is 0 Å². The van der Waals surface area contributed by atoms with Gasteiger partial charge in [-0.05, 0) is 42.4 Å². The van der Waals surface area contributed by atoms with Gasteiger partial charge in [-0.1, -0.05) is 27.2 Å². The zero-order chi connectivity index (χ0) is 14.2. The second kappa shape index (κ2) is 5.14. The van der Waals surface area contributed by atoms with Gasteiger partial charge >= 0.3 is 5.97 Å². The van der Waals surface area contributed by atoms with Crippen LogP contribution in [0.3, 0.4) is 0 Å². The highest BCUT2D eigenvalue weighted by Crippen LogP contribution is 2.49. The Labute approximate surface area is 115 Å². The standard InChI is InChI=1S/C15H25NO3/c1-15(2,3)13(14(18)19)16-12(17)8-11-7-9-4-5-10(11)6-9/h9-11,13H,4-8H2,1-3H3,(H,16,17)(H,18,19). The van der Waals surface area contributed by atoms with Crippen molar-refractivity contribution in [2.24, 2.45) is 23.2 Å². The molecule has 0 spiro atoms. The predicted molar refractivity (Wildman–Crippen MR) is 72.6 cm³/mol. The van der Waals surface area contributed by atoms with Crippen molar-refractivity contribution in [1.82, 2.24) is 5.32 Å². The lowest BCUT2D eigenvalue weighted by Crippen LogP contribution is -2.49. The number of carboxylic acid groups (broad SMARTS) is 1. The number of carbonyl (C=O) groups is 2. The molecule has 0 aromatic heterocycles. The first-order chi connectivity index (χ1) is 8.77. The molecule has 4 nitrogen and oxygen atoms in total. The van der Waals surface area contributed by atoms with E-state index in [1.165, 1.54) is 19.3 Å². The first-order valence-electron chi connectivity index (χ1n) is 7.29. The molecule has 0 heterocycles. The Morgan fingerprint density at radius 1 is 1.26 bits per heavy atom. The Morgan fingerprint density at radius 3 is 2.37 bits per heavy atom. The molecule has 2 bridgehead atoms. The van der Waals surface area contributed by atoms with Crippen LogP contribution in [-0.4, -0.2) is 23.0 Å². The van der Waals surface area contributed by atoms with E-state index in [0.717, 1.165) is 12.3 Å². The van der Waals surface area contributed by atoms with Crippen molar-refractivity contribution in [3.8, 4) is 0 Å². The second-order valence-electron chi connectivity index (χ2n) is 7.34. The van der Waals surface area contributed by atoms with Crippen molar-refractivity contribution in [1.29, 1.82) is 0 Å². The summed E-state index contributed by atoms with van der Waals surface area (Å²) in [5.74, 6) is 0.955. The van der Waals surface area contributed by atoms with Crippen LogP contribution in [0.15, 0.2) is 0 Å². The zero-order valence-electron chi connectivity index (χ0n) is 12.1. The molecule has 4 atom stereocenters. The van der Waals surface area contributed by atoms with Crippen molar-refractivity contribution in [3.05, 3.63) is 0 Å². The zero-order valence-corrected chi connectivity index (χ0v) is 12.1. The van der Waals surface area contributed by atoms with Crippen LogP contribution in [0.5, 0.6) is 0 Å². The minimum Gasteiger partial charge on any atom is -0.480 e. The van der Waals surface area contributed by atoms with Crippen molar-refractivity contribution in [2.45, 2.75) is 58.9 Å². The maximum absolute atomic E-state index is 12.1. The minimum absolute atomic E-state index is 0.0973. The summed E-state index contributed by atoms with van der Waals surface area (Å²) in [6.45, 7) is 5.51. The number of nitrogens with one attached hydrogen (secondary N) is 1. The summed E-state index contributed by atoms with van der Waals surface area (Å²) in [5.41, 5.74) is -0.462. The van der Waals surface area contributed by atoms with Gasteiger partial charge in [0.25, 0.3) is 0 Å². The number of carboxylic acids is 1. The molecule has 4 heteroatoms. The van der Waals surface area contributed by atoms with Crippen LogP contribution in [-0.2, 0) is 9.59 Å². The number of aliphatic carboxylic acids is 1. The van der Waals surface area contributed by atoms with Crippen molar-refractivity contribution in [2.75, 3.05) is 0 Å². The summed E-state index contributed by atoms with van der Waals surface area (Å²) >= 11 is 0. The van der Waals surface area contributed by atoms with Gasteiger partial charge in [-0.2, -0.15) is 0 Å². The van der Waals surface area contributed by atoms with Crippen molar-refractivity contribution in [3.63, 3.8) is 0 Å². The van der Waals surface area contributed by atoms with Gasteiger partial charge < -0.3 is 10.4 Å². The van der Waals surface area contributed by atoms with Gasteiger partial charge in [0, 0.05) is 6.42 Å². The normalized spacial score (nSPS) is 31.2. The molecule has 2 rings (SSSR count). The number of fused-ring (bicyclic) bond motifs is 2. The molecule has 0 aliphatic heterocycles. The summed E-state index contributed by atoms with van der Waals surface area (Å²) in [6, 6.07) is -0.807. The minimum atomic E-state index is -0.950. The molecule has 1 amide bonds. The van der Waals surface area contributed by atoms with Gasteiger partial charge in [-0.25, -0.2) is 4.79 Å². The fourth-order valence-corrected chi connectivity index (χ4v) is 3.73. The van der Waals surface area contributed by atoms with Crippen LogP contribution in [0, 0.1) is 23.2 Å². The molecule has 2 N–H and O–H groups in total. The fourth-order valence-electron chi connectivity index (χ4n) is 3.73. The Balaban J connectivity index is 1.88. The van der Waals surface area contributed by atoms with E-state index in [4.69, 9.17) is 0 Å². The summed E-state index contributed by atoms with van der Waals surface area (Å²) in [6.07, 6.45) is 5.51. The Morgan fingerprint density at radius 2 is 1.95 bits per heavy atom. The van der Waals surface area contributed by atoms with E-state index < -0.39 is 17.4 Å². The van der Waals surface area contributed by atoms with E-state index in [-0.39, 0.29) is 5.91 Å². The van der Waals surface area contributed by atoms with Crippen LogP contribution in [0.2, 0.25) is 0 Å². The Bertz CT molecular complexity index is 372. The van der Waals surface area contributed by atoms with Gasteiger partial charge in [0.2, 0.25) is 5.91 Å². The first-order valence-corrected chi connectivity index (χ1v) is 7.29. The van der Waals surface area contributed by atoms with Gasteiger partial charge in [-0.3, -0.25) is 4.79 Å². The van der Waals surface area contributed by atoms with Gasteiger partial charge in [0.15, 0.2) is 0 Å². The summed E-state index contributed by atoms with van der Waals surface area (Å²) in [7, 11) is 0. The average molecular weight is 267 g/mol. The third-order valence-electron chi connectivity index (χ3n) is 4.75. The molecule has 2 aliphatic rings. The third kappa shape index (κ3) is 3.28. The summed E-state index contributed by atoms with van der Waals surface area (Å²) in [5, 5.41) is 11.9. The van der Waals surface area contributed by atoms with Crippen molar-refractivity contribution >= 4 is 11.9 Å². The monoisotopic (exact) mass is 267 g/mol. The van der Waals surface area contributed by atoms with E-state index >= 15 is 0 Å². The van der Waals surface area contributed by atoms with Crippen LogP contribution < -0.4 is 5.32 Å². The lowest BCUT2D eigenvalue weighted by Gasteiger charge is -2.29. The summed E-state index contributed by atoms with van der Waals surface area (Å²) in [4.78, 5) is 23.3. The van der Waals surface area contributed by atoms with Crippen LogP contribution in [0.4, 0.5) is 0 Å². The molecule has 0 radical (unpaired) electrons. The molecule has 4 unspecified atom stereocenters. The highest BCUT2D eigenvalue weighted by Gasteiger charge is 2.41. The van der Waals surface area contributed by atoms with E-state index in [0.29, 0.717) is 18.3 Å². The van der Waals surface area contributed by atoms with Crippen LogP contribution >= 0.6 is 0 Å². The molecule has 2 saturated carbocycles. The fraction of sp³-hybridized carbons (Fsp3) is 0.867. The Hall–Kier alpha value is -1.06. The lowest BCUT2D eigenvalue weighted by atomic mass is 9.84. The molecular weight excluding hydrogens is 242 g/mol. The molecule has 0 aromatic carbocycles. The molecule has 0 saturated heterocycles. The number of hydrogen-bond donors (Lipinski definition) is 2. The lowest BCUT2D eigenvalue weighted by molar-refractivity contribution is -0.145. The van der Waals surface area contributed by atoms with Gasteiger partial charge in [-0.15, -0.1) is 0 Å². The number of hydrogen-bond acceptors (Lipinski definition) is 2. The quantitative estimate of drug-likeness (QED) is 0.822. The molecule has 19 heavy (non-hydrogen) atoms. The predicted octanol–water partition coefficient (Wildman–Crippen LogP) is 2.43. The summed E-state index contributed by atoms with van der Waals surface area (Å²) < 4.78 is 0. The SMILES string of the molecule is CC(C)(C)C(NC(=O)CC1CC2CCC1C2)C(=O)O. The maximum Gasteiger partial charge on any atom is 0.326 e. The largest absolute Gasteiger partial charge is 0.480 e. The molecule has 0 aromatic rings. The Kier molecular flexibility index (Phi) is 3.88. The number of amides is 1. The van der Waals surface area contributed by atoms with Crippen LogP contribution in [0.25, 0.3) is 0 Å². The maximum atomic E-state index is 12.1. The first kappa shape index (κ1) is 14.4. The number of carbonyl (C=O) groups excluding carboxylic acids is 1. The molecule has 2 aliphatic carbocycles. The highest BCUT2D eigenvalue weighted by molar-refractivity contribution is 5.84. The van der Waals surface area contributed by atoms with Crippen molar-refractivity contribution < 1.29 is 14.7 Å². The number of rotatable bonds is 4. The van der Waals surface area contributed by atoms with E-state index in [1.54, 1.807) is 0 Å². The van der Waals surface area contributed by atoms with Gasteiger partial charge in [0.1, 0.15) is 6.04 Å².